The first-order valence-corrected chi connectivity index (χ1v) is 11.0. The number of ether oxygens (including phenoxy) is 1. The maximum atomic E-state index is 8.92. The van der Waals surface area contributed by atoms with E-state index >= 15 is 0 Å². The van der Waals surface area contributed by atoms with Crippen LogP contribution in [0.5, 0.6) is 5.88 Å². The van der Waals surface area contributed by atoms with E-state index in [0.29, 0.717) is 39.6 Å². The zero-order valence-electron chi connectivity index (χ0n) is 17.6. The van der Waals surface area contributed by atoms with Gasteiger partial charge in [-0.25, -0.2) is 9.97 Å². The zero-order chi connectivity index (χ0) is 23.3. The maximum Gasteiger partial charge on any atom is 0.232 e. The third-order valence-electron chi connectivity index (χ3n) is 3.59. The molecule has 1 aromatic carbocycles. The summed E-state index contributed by atoms with van der Waals surface area (Å²) in [6, 6.07) is 7.35. The molecule has 0 aliphatic heterocycles. The van der Waals surface area contributed by atoms with E-state index in [1.165, 1.54) is 6.20 Å². The largest absolute Gasteiger partial charge is 0.474 e. The molecule has 0 radical (unpaired) electrons. The van der Waals surface area contributed by atoms with Crippen LogP contribution in [-0.4, -0.2) is 56.5 Å². The first-order chi connectivity index (χ1) is 15.6. The lowest BCUT2D eigenvalue weighted by molar-refractivity contribution is 0.196. The molecule has 32 heavy (non-hydrogen) atoms. The summed E-state index contributed by atoms with van der Waals surface area (Å²) in [4.78, 5) is 16.9. The van der Waals surface area contributed by atoms with Gasteiger partial charge in [0.2, 0.25) is 17.8 Å². The van der Waals surface area contributed by atoms with Crippen LogP contribution in [0.3, 0.4) is 0 Å². The van der Waals surface area contributed by atoms with Gasteiger partial charge in [-0.1, -0.05) is 25.4 Å². The molecule has 0 unspecified atom stereocenters. The van der Waals surface area contributed by atoms with Crippen molar-refractivity contribution < 1.29 is 14.9 Å². The monoisotopic (exact) mass is 525 g/mol. The molecule has 0 aliphatic carbocycles. The summed E-state index contributed by atoms with van der Waals surface area (Å²) in [5.41, 5.74) is 1.53. The van der Waals surface area contributed by atoms with Crippen LogP contribution >= 0.6 is 27.5 Å². The molecule has 0 amide bonds. The van der Waals surface area contributed by atoms with E-state index in [0.717, 1.165) is 11.4 Å². The van der Waals surface area contributed by atoms with Gasteiger partial charge in [0.15, 0.2) is 5.82 Å². The molecule has 0 saturated carbocycles. The van der Waals surface area contributed by atoms with Gasteiger partial charge in [-0.3, -0.25) is 0 Å². The highest BCUT2D eigenvalue weighted by Crippen LogP contribution is 2.25. The second-order valence-corrected chi connectivity index (χ2v) is 7.05. The highest BCUT2D eigenvalue weighted by molar-refractivity contribution is 9.10. The SMILES string of the molecule is CC.OCCNc1nc(Nc2ccc(Nc3ncc(Br)c(OCCO)n3)cc2)ncc1Cl. The summed E-state index contributed by atoms with van der Waals surface area (Å²) in [6.07, 6.45) is 3.05. The lowest BCUT2D eigenvalue weighted by atomic mass is 10.3. The van der Waals surface area contributed by atoms with Crippen molar-refractivity contribution in [3.63, 3.8) is 0 Å². The molecular weight excluding hydrogens is 502 g/mol. The van der Waals surface area contributed by atoms with Crippen LogP contribution < -0.4 is 20.7 Å². The Balaban J connectivity index is 0.00000176. The first kappa shape index (κ1) is 25.5. The van der Waals surface area contributed by atoms with Gasteiger partial charge in [0.1, 0.15) is 11.6 Å². The van der Waals surface area contributed by atoms with Crippen molar-refractivity contribution in [3.8, 4) is 5.88 Å². The summed E-state index contributed by atoms with van der Waals surface area (Å²) in [5.74, 6) is 1.49. The van der Waals surface area contributed by atoms with E-state index in [1.807, 2.05) is 38.1 Å². The fourth-order valence-electron chi connectivity index (χ4n) is 2.28. The lowest BCUT2D eigenvalue weighted by Crippen LogP contribution is -2.09. The van der Waals surface area contributed by atoms with Crippen molar-refractivity contribution >= 4 is 56.6 Å². The molecule has 0 aliphatic rings. The zero-order valence-corrected chi connectivity index (χ0v) is 20.0. The average Bonchev–Trinajstić information content (AvgIpc) is 2.82. The fourth-order valence-corrected chi connectivity index (χ4v) is 2.74. The van der Waals surface area contributed by atoms with Crippen molar-refractivity contribution in [2.45, 2.75) is 13.8 Å². The smallest absolute Gasteiger partial charge is 0.232 e. The standard InChI is InChI=1S/C18H19BrClN7O3.C2H6/c19-13-9-22-18(27-16(13)30-8-7-29)25-12-3-1-11(2-4-12)24-17-23-10-14(20)15(26-17)21-5-6-28;1-2/h1-4,9-10,28-29H,5-8H2,(H,22,25,27)(H2,21,23,24,26);1-2H3. The predicted molar refractivity (Wildman–Crippen MR) is 129 cm³/mol. The minimum atomic E-state index is -0.107. The lowest BCUT2D eigenvalue weighted by Gasteiger charge is -2.11. The number of aliphatic hydroxyl groups is 2. The Kier molecular flexibility index (Phi) is 10.9. The average molecular weight is 527 g/mol. The minimum Gasteiger partial charge on any atom is -0.474 e. The Morgan fingerprint density at radius 2 is 1.53 bits per heavy atom. The van der Waals surface area contributed by atoms with Gasteiger partial charge >= 0.3 is 0 Å². The molecule has 0 saturated heterocycles. The third kappa shape index (κ3) is 7.75. The van der Waals surface area contributed by atoms with Gasteiger partial charge in [0, 0.05) is 17.9 Å². The molecule has 3 rings (SSSR count). The van der Waals surface area contributed by atoms with E-state index < -0.39 is 0 Å². The van der Waals surface area contributed by atoms with Gasteiger partial charge in [-0.05, 0) is 40.2 Å². The summed E-state index contributed by atoms with van der Waals surface area (Å²) >= 11 is 9.35. The summed E-state index contributed by atoms with van der Waals surface area (Å²) < 4.78 is 5.95. The van der Waals surface area contributed by atoms with Crippen LogP contribution in [0.1, 0.15) is 13.8 Å². The van der Waals surface area contributed by atoms with Gasteiger partial charge in [-0.15, -0.1) is 0 Å². The molecular formula is C20H25BrClN7O3. The number of aromatic nitrogens is 4. The number of rotatable bonds is 10. The molecule has 3 aromatic rings. The number of benzene rings is 1. The highest BCUT2D eigenvalue weighted by Gasteiger charge is 2.08. The Morgan fingerprint density at radius 1 is 0.938 bits per heavy atom. The van der Waals surface area contributed by atoms with Crippen molar-refractivity contribution in [1.82, 2.24) is 19.9 Å². The molecule has 0 spiro atoms. The van der Waals surface area contributed by atoms with Crippen LogP contribution in [0, 0.1) is 0 Å². The molecule has 2 heterocycles. The number of nitrogens with zero attached hydrogens (tertiary/aromatic N) is 4. The summed E-state index contributed by atoms with van der Waals surface area (Å²) in [5, 5.41) is 27.3. The third-order valence-corrected chi connectivity index (χ3v) is 4.41. The van der Waals surface area contributed by atoms with Crippen molar-refractivity contribution in [3.05, 3.63) is 46.2 Å². The van der Waals surface area contributed by atoms with E-state index in [1.54, 1.807) is 6.20 Å². The van der Waals surface area contributed by atoms with Gasteiger partial charge in [0.25, 0.3) is 0 Å². The Bertz CT molecular complexity index is 901. The Morgan fingerprint density at radius 3 is 2.12 bits per heavy atom. The number of anilines is 5. The number of halogens is 2. The van der Waals surface area contributed by atoms with Crippen LogP contribution in [0.15, 0.2) is 41.1 Å². The molecule has 5 N–H and O–H groups in total. The van der Waals surface area contributed by atoms with E-state index in [4.69, 9.17) is 26.6 Å². The maximum absolute atomic E-state index is 8.92. The molecule has 0 bridgehead atoms. The van der Waals surface area contributed by atoms with Crippen molar-refractivity contribution in [2.75, 3.05) is 42.3 Å². The summed E-state index contributed by atoms with van der Waals surface area (Å²) in [7, 11) is 0. The Hall–Kier alpha value is -2.73. The van der Waals surface area contributed by atoms with Gasteiger partial charge in [-0.2, -0.15) is 9.97 Å². The fraction of sp³-hybridized carbons (Fsp3) is 0.300. The molecule has 12 heteroatoms. The number of nitrogens with one attached hydrogen (secondary N) is 3. The predicted octanol–water partition coefficient (Wildman–Crippen LogP) is 3.97. The minimum absolute atomic E-state index is 0.0330. The van der Waals surface area contributed by atoms with E-state index in [2.05, 4.69) is 51.8 Å². The molecule has 10 nitrogen and oxygen atoms in total. The topological polar surface area (TPSA) is 137 Å². The first-order valence-electron chi connectivity index (χ1n) is 9.86. The second-order valence-electron chi connectivity index (χ2n) is 5.79. The van der Waals surface area contributed by atoms with Crippen molar-refractivity contribution in [2.24, 2.45) is 0 Å². The van der Waals surface area contributed by atoms with Crippen LogP contribution in [0.25, 0.3) is 0 Å². The molecule has 172 valence electrons. The quantitative estimate of drug-likeness (QED) is 0.264. The van der Waals surface area contributed by atoms with Gasteiger partial charge < -0.3 is 30.9 Å². The van der Waals surface area contributed by atoms with Crippen LogP contribution in [0.2, 0.25) is 5.02 Å². The molecule has 0 atom stereocenters. The second kappa shape index (κ2) is 13.6. The number of hydrogen-bond donors (Lipinski definition) is 5. The van der Waals surface area contributed by atoms with E-state index in [-0.39, 0.29) is 19.8 Å². The molecule has 2 aromatic heterocycles. The highest BCUT2D eigenvalue weighted by atomic mass is 79.9. The van der Waals surface area contributed by atoms with Crippen LogP contribution in [0.4, 0.5) is 29.1 Å². The van der Waals surface area contributed by atoms with Gasteiger partial charge in [0.05, 0.1) is 30.1 Å². The number of hydrogen-bond acceptors (Lipinski definition) is 10. The Labute approximate surface area is 199 Å². The van der Waals surface area contributed by atoms with Crippen molar-refractivity contribution in [1.29, 1.82) is 0 Å². The summed E-state index contributed by atoms with van der Waals surface area (Å²) in [6.45, 7) is 4.33. The normalized spacial score (nSPS) is 10.1. The molecule has 0 fully saturated rings. The van der Waals surface area contributed by atoms with Crippen LogP contribution in [-0.2, 0) is 0 Å². The van der Waals surface area contributed by atoms with E-state index in [9.17, 15) is 0 Å². The number of aliphatic hydroxyl groups excluding tert-OH is 2.